The Morgan fingerprint density at radius 2 is 1.89 bits per heavy atom. The Balaban J connectivity index is 2.05. The fourth-order valence-corrected chi connectivity index (χ4v) is 2.20. The molecule has 0 bridgehead atoms. The van der Waals surface area contributed by atoms with Gasteiger partial charge in [0.05, 0.1) is 0 Å². The first kappa shape index (κ1) is 13.6. The number of para-hydroxylation sites is 1. The summed E-state index contributed by atoms with van der Waals surface area (Å²) < 4.78 is 0.930. The van der Waals surface area contributed by atoms with Gasteiger partial charge in [-0.2, -0.15) is 0 Å². The molecule has 2 aromatic carbocycles. The molecule has 0 aliphatic rings. The van der Waals surface area contributed by atoms with Crippen LogP contribution in [0.5, 0.6) is 0 Å². The second kappa shape index (κ2) is 6.38. The molecule has 0 spiro atoms. The number of hydrogen-bond acceptors (Lipinski definition) is 1. The first-order valence-corrected chi connectivity index (χ1v) is 6.90. The zero-order valence-electron chi connectivity index (χ0n) is 10.6. The fraction of sp³-hybridized carbons (Fsp3) is 0.133. The van der Waals surface area contributed by atoms with Crippen molar-refractivity contribution in [3.63, 3.8) is 0 Å². The minimum atomic E-state index is -0.237. The number of amides is 2. The Bertz CT molecular complexity index is 584. The van der Waals surface area contributed by atoms with Crippen LogP contribution in [-0.4, -0.2) is 6.03 Å². The summed E-state index contributed by atoms with van der Waals surface area (Å²) in [4.78, 5) is 11.9. The van der Waals surface area contributed by atoms with Crippen molar-refractivity contribution in [2.45, 2.75) is 13.3 Å². The number of carbonyl (C=O) groups is 1. The zero-order chi connectivity index (χ0) is 13.7. The first-order chi connectivity index (χ1) is 9.19. The number of rotatable bonds is 3. The van der Waals surface area contributed by atoms with E-state index in [9.17, 15) is 4.79 Å². The summed E-state index contributed by atoms with van der Waals surface area (Å²) in [6.45, 7) is 2.06. The van der Waals surface area contributed by atoms with Gasteiger partial charge in [-0.1, -0.05) is 47.1 Å². The summed E-state index contributed by atoms with van der Waals surface area (Å²) >= 11 is 3.37. The van der Waals surface area contributed by atoms with E-state index in [2.05, 4.69) is 33.5 Å². The highest BCUT2D eigenvalue weighted by molar-refractivity contribution is 9.10. The third-order valence-electron chi connectivity index (χ3n) is 2.73. The van der Waals surface area contributed by atoms with Crippen LogP contribution in [0.4, 0.5) is 16.2 Å². The normalized spacial score (nSPS) is 10.0. The van der Waals surface area contributed by atoms with Crippen molar-refractivity contribution >= 4 is 33.3 Å². The lowest BCUT2D eigenvalue weighted by molar-refractivity contribution is 0.262. The van der Waals surface area contributed by atoms with Crippen LogP contribution in [-0.2, 0) is 6.42 Å². The smallest absolute Gasteiger partial charge is 0.308 e. The molecule has 0 aromatic heterocycles. The van der Waals surface area contributed by atoms with Gasteiger partial charge in [0.1, 0.15) is 0 Å². The van der Waals surface area contributed by atoms with Crippen LogP contribution in [0.15, 0.2) is 53.0 Å². The van der Waals surface area contributed by atoms with E-state index in [4.69, 9.17) is 0 Å². The van der Waals surface area contributed by atoms with Crippen molar-refractivity contribution in [1.29, 1.82) is 0 Å². The lowest BCUT2D eigenvalue weighted by Crippen LogP contribution is -2.20. The van der Waals surface area contributed by atoms with Crippen molar-refractivity contribution in [2.75, 3.05) is 10.6 Å². The zero-order valence-corrected chi connectivity index (χ0v) is 12.2. The predicted octanol–water partition coefficient (Wildman–Crippen LogP) is 4.66. The Morgan fingerprint density at radius 1 is 1.11 bits per heavy atom. The molecule has 0 saturated carbocycles. The van der Waals surface area contributed by atoms with E-state index < -0.39 is 0 Å². The summed E-state index contributed by atoms with van der Waals surface area (Å²) in [6, 6.07) is 15.0. The van der Waals surface area contributed by atoms with Crippen molar-refractivity contribution in [1.82, 2.24) is 0 Å². The summed E-state index contributed by atoms with van der Waals surface area (Å²) in [5, 5.41) is 5.67. The summed E-state index contributed by atoms with van der Waals surface area (Å²) in [5.41, 5.74) is 2.71. The first-order valence-electron chi connectivity index (χ1n) is 6.10. The summed E-state index contributed by atoms with van der Waals surface area (Å²) in [7, 11) is 0. The van der Waals surface area contributed by atoms with E-state index in [-0.39, 0.29) is 6.03 Å². The van der Waals surface area contributed by atoms with Crippen LogP contribution >= 0.6 is 15.9 Å². The fourth-order valence-electron chi connectivity index (χ4n) is 1.80. The van der Waals surface area contributed by atoms with Crippen molar-refractivity contribution in [3.8, 4) is 0 Å². The van der Waals surface area contributed by atoms with Gasteiger partial charge in [0.15, 0.2) is 0 Å². The van der Waals surface area contributed by atoms with Gasteiger partial charge < -0.3 is 10.6 Å². The largest absolute Gasteiger partial charge is 0.323 e. The van der Waals surface area contributed by atoms with Crippen LogP contribution in [0.2, 0.25) is 0 Å². The average Bonchev–Trinajstić information content (AvgIpc) is 2.39. The molecule has 0 unspecified atom stereocenters. The Morgan fingerprint density at radius 3 is 2.63 bits per heavy atom. The molecule has 2 N–H and O–H groups in total. The number of halogens is 1. The second-order valence-corrected chi connectivity index (χ2v) is 5.02. The van der Waals surface area contributed by atoms with Gasteiger partial charge in [0.2, 0.25) is 0 Å². The Labute approximate surface area is 121 Å². The molecule has 0 atom stereocenters. The monoisotopic (exact) mass is 318 g/mol. The minimum Gasteiger partial charge on any atom is -0.308 e. The third kappa shape index (κ3) is 3.83. The molecular weight excluding hydrogens is 304 g/mol. The van der Waals surface area contributed by atoms with Gasteiger partial charge in [0.25, 0.3) is 0 Å². The van der Waals surface area contributed by atoms with Gasteiger partial charge in [-0.25, -0.2) is 4.79 Å². The van der Waals surface area contributed by atoms with Gasteiger partial charge in [-0.3, -0.25) is 0 Å². The molecule has 3 nitrogen and oxygen atoms in total. The number of benzene rings is 2. The van der Waals surface area contributed by atoms with Crippen molar-refractivity contribution < 1.29 is 4.79 Å². The maximum Gasteiger partial charge on any atom is 0.323 e. The molecule has 0 radical (unpaired) electrons. The van der Waals surface area contributed by atoms with Crippen molar-refractivity contribution in [3.05, 3.63) is 58.6 Å². The van der Waals surface area contributed by atoms with Gasteiger partial charge in [-0.15, -0.1) is 0 Å². The molecule has 2 aromatic rings. The third-order valence-corrected chi connectivity index (χ3v) is 3.22. The lowest BCUT2D eigenvalue weighted by atomic mass is 10.1. The Hall–Kier alpha value is -1.81. The lowest BCUT2D eigenvalue weighted by Gasteiger charge is -2.11. The highest BCUT2D eigenvalue weighted by atomic mass is 79.9. The molecule has 98 valence electrons. The summed E-state index contributed by atoms with van der Waals surface area (Å²) in [5.74, 6) is 0. The average molecular weight is 319 g/mol. The number of carbonyl (C=O) groups excluding carboxylic acids is 1. The Kier molecular flexibility index (Phi) is 4.58. The van der Waals surface area contributed by atoms with Crippen LogP contribution in [0.3, 0.4) is 0 Å². The number of urea groups is 1. The number of aryl methyl sites for hydroxylation is 1. The number of hydrogen-bond donors (Lipinski definition) is 2. The van der Waals surface area contributed by atoms with E-state index in [1.165, 1.54) is 0 Å². The minimum absolute atomic E-state index is 0.237. The van der Waals surface area contributed by atoms with Crippen LogP contribution in [0.1, 0.15) is 12.5 Å². The van der Waals surface area contributed by atoms with E-state index in [0.29, 0.717) is 0 Å². The molecule has 0 saturated heterocycles. The van der Waals surface area contributed by atoms with E-state index in [1.807, 2.05) is 48.5 Å². The molecule has 2 amide bonds. The van der Waals surface area contributed by atoms with Crippen LogP contribution in [0, 0.1) is 0 Å². The maximum absolute atomic E-state index is 11.9. The molecule has 0 heterocycles. The molecule has 19 heavy (non-hydrogen) atoms. The van der Waals surface area contributed by atoms with Crippen molar-refractivity contribution in [2.24, 2.45) is 0 Å². The SMILES string of the molecule is CCc1ccccc1NC(=O)Nc1cccc(Br)c1. The van der Waals surface area contributed by atoms with E-state index in [1.54, 1.807) is 0 Å². The topological polar surface area (TPSA) is 41.1 Å². The van der Waals surface area contributed by atoms with Crippen LogP contribution in [0.25, 0.3) is 0 Å². The second-order valence-electron chi connectivity index (χ2n) is 4.10. The van der Waals surface area contributed by atoms with Gasteiger partial charge >= 0.3 is 6.03 Å². The van der Waals surface area contributed by atoms with Gasteiger partial charge in [0, 0.05) is 15.8 Å². The van der Waals surface area contributed by atoms with E-state index >= 15 is 0 Å². The highest BCUT2D eigenvalue weighted by Gasteiger charge is 2.05. The highest BCUT2D eigenvalue weighted by Crippen LogP contribution is 2.18. The van der Waals surface area contributed by atoms with E-state index in [0.717, 1.165) is 27.8 Å². The molecule has 0 aliphatic carbocycles. The molecule has 2 rings (SSSR count). The summed E-state index contributed by atoms with van der Waals surface area (Å²) in [6.07, 6.45) is 0.882. The standard InChI is InChI=1S/C15H15BrN2O/c1-2-11-6-3-4-9-14(11)18-15(19)17-13-8-5-7-12(16)10-13/h3-10H,2H2,1H3,(H2,17,18,19). The number of anilines is 2. The van der Waals surface area contributed by atoms with Gasteiger partial charge in [-0.05, 0) is 36.2 Å². The predicted molar refractivity (Wildman–Crippen MR) is 82.6 cm³/mol. The number of nitrogens with one attached hydrogen (secondary N) is 2. The maximum atomic E-state index is 11.9. The van der Waals surface area contributed by atoms with Crippen LogP contribution < -0.4 is 10.6 Å². The molecule has 4 heteroatoms. The quantitative estimate of drug-likeness (QED) is 0.849. The molecular formula is C15H15BrN2O. The molecule has 0 fully saturated rings. The molecule has 0 aliphatic heterocycles.